The Kier molecular flexibility index (Phi) is 7.99. The van der Waals surface area contributed by atoms with Crippen molar-refractivity contribution in [1.29, 1.82) is 0 Å². The van der Waals surface area contributed by atoms with E-state index in [2.05, 4.69) is 21.8 Å². The van der Waals surface area contributed by atoms with Crippen LogP contribution in [0.25, 0.3) is 0 Å². The quantitative estimate of drug-likeness (QED) is 0.510. The molecular weight excluding hydrogens is 526 g/mol. The zero-order chi connectivity index (χ0) is 28.0. The molecule has 2 aliphatic rings. The first-order valence-electron chi connectivity index (χ1n) is 13.0. The number of thiophene rings is 1. The zero-order valence-electron chi connectivity index (χ0n) is 22.9. The summed E-state index contributed by atoms with van der Waals surface area (Å²) in [5.74, 6) is 0.236. The van der Waals surface area contributed by atoms with Crippen molar-refractivity contribution in [3.8, 4) is 0 Å². The van der Waals surface area contributed by atoms with Crippen molar-refractivity contribution in [1.82, 2.24) is 19.8 Å². The minimum atomic E-state index is -1.05. The van der Waals surface area contributed by atoms with Gasteiger partial charge >= 0.3 is 6.09 Å². The second-order valence-electron chi connectivity index (χ2n) is 11.9. The van der Waals surface area contributed by atoms with E-state index in [9.17, 15) is 19.8 Å². The second-order valence-corrected chi connectivity index (χ2v) is 13.6. The van der Waals surface area contributed by atoms with Crippen molar-refractivity contribution in [2.75, 3.05) is 37.6 Å². The first kappa shape index (κ1) is 28.6. The molecule has 9 nitrogen and oxygen atoms in total. The molecule has 11 heteroatoms. The van der Waals surface area contributed by atoms with Gasteiger partial charge in [-0.25, -0.2) is 14.8 Å². The van der Waals surface area contributed by atoms with Crippen LogP contribution in [0.1, 0.15) is 82.0 Å². The van der Waals surface area contributed by atoms with Gasteiger partial charge in [-0.3, -0.25) is 4.79 Å². The Bertz CT molecular complexity index is 1190. The first-order chi connectivity index (χ1) is 17.7. The van der Waals surface area contributed by atoms with E-state index in [-0.39, 0.29) is 23.8 Å². The third-order valence-corrected chi connectivity index (χ3v) is 9.86. The molecule has 38 heavy (non-hydrogen) atoms. The number of carboxylic acid groups (broad SMARTS) is 1. The van der Waals surface area contributed by atoms with Gasteiger partial charge < -0.3 is 24.9 Å². The molecule has 0 unspecified atom stereocenters. The van der Waals surface area contributed by atoms with Gasteiger partial charge in [0, 0.05) is 48.7 Å². The molecule has 1 aliphatic carbocycles. The maximum Gasteiger partial charge on any atom is 0.407 e. The molecule has 1 saturated heterocycles. The fourth-order valence-electron chi connectivity index (χ4n) is 5.25. The van der Waals surface area contributed by atoms with Gasteiger partial charge in [0.2, 0.25) is 5.91 Å². The first-order valence-corrected chi connectivity index (χ1v) is 14.2. The highest BCUT2D eigenvalue weighted by atomic mass is 35.5. The number of carbonyl (C=O) groups is 2. The molecule has 0 bridgehead atoms. The molecule has 1 fully saturated rings. The number of hydrogen-bond donors (Lipinski definition) is 2. The van der Waals surface area contributed by atoms with Gasteiger partial charge in [-0.05, 0) is 43.7 Å². The number of nitrogens with zero attached hydrogens (tertiary/aromatic N) is 5. The zero-order valence-corrected chi connectivity index (χ0v) is 24.5. The summed E-state index contributed by atoms with van der Waals surface area (Å²) >= 11 is 7.56. The lowest BCUT2D eigenvalue weighted by Crippen LogP contribution is -2.58. The highest BCUT2D eigenvalue weighted by molar-refractivity contribution is 7.16. The predicted molar refractivity (Wildman–Crippen MR) is 149 cm³/mol. The lowest BCUT2D eigenvalue weighted by atomic mass is 9.75. The summed E-state index contributed by atoms with van der Waals surface area (Å²) in [7, 11) is 0. The van der Waals surface area contributed by atoms with E-state index in [1.165, 1.54) is 22.6 Å². The van der Waals surface area contributed by atoms with E-state index in [0.717, 1.165) is 16.3 Å². The van der Waals surface area contributed by atoms with Gasteiger partial charge in [0.1, 0.15) is 12.1 Å². The number of rotatable bonds is 6. The molecule has 0 radical (unpaired) electrons. The average Bonchev–Trinajstić information content (AvgIpc) is 3.40. The van der Waals surface area contributed by atoms with E-state index in [0.29, 0.717) is 42.6 Å². The topological polar surface area (TPSA) is 110 Å². The molecule has 2 N–H and O–H groups in total. The molecule has 2 aromatic rings. The number of hydrogen-bond acceptors (Lipinski definition) is 7. The molecule has 3 heterocycles. The summed E-state index contributed by atoms with van der Waals surface area (Å²) in [5.41, 5.74) is 0.629. The van der Waals surface area contributed by atoms with Gasteiger partial charge in [-0.2, -0.15) is 0 Å². The Morgan fingerprint density at radius 3 is 2.37 bits per heavy atom. The van der Waals surface area contributed by atoms with E-state index in [1.807, 2.05) is 45.6 Å². The lowest BCUT2D eigenvalue weighted by Gasteiger charge is -2.47. The van der Waals surface area contributed by atoms with Gasteiger partial charge in [0.15, 0.2) is 0 Å². The van der Waals surface area contributed by atoms with Crippen LogP contribution in [-0.4, -0.2) is 80.2 Å². The molecule has 0 saturated carbocycles. The van der Waals surface area contributed by atoms with Crippen molar-refractivity contribution >= 4 is 40.8 Å². The van der Waals surface area contributed by atoms with Gasteiger partial charge in [-0.15, -0.1) is 11.3 Å². The Hall–Kier alpha value is -2.43. The van der Waals surface area contributed by atoms with Crippen LogP contribution in [0.3, 0.4) is 0 Å². The van der Waals surface area contributed by atoms with Crippen LogP contribution in [0, 0.1) is 5.41 Å². The fourth-order valence-corrected chi connectivity index (χ4v) is 6.40. The van der Waals surface area contributed by atoms with Crippen molar-refractivity contribution in [2.45, 2.75) is 71.4 Å². The monoisotopic (exact) mass is 563 g/mol. The van der Waals surface area contributed by atoms with Crippen molar-refractivity contribution in [3.63, 3.8) is 0 Å². The number of carbonyl (C=O) groups excluding carboxylic acids is 1. The molecule has 1 aliphatic heterocycles. The number of aliphatic hydroxyl groups is 1. The number of anilines is 1. The lowest BCUT2D eigenvalue weighted by molar-refractivity contribution is -0.134. The number of halogens is 1. The molecule has 0 spiro atoms. The minimum Gasteiger partial charge on any atom is -0.465 e. The summed E-state index contributed by atoms with van der Waals surface area (Å²) < 4.78 is 0.563. The summed E-state index contributed by atoms with van der Waals surface area (Å²) in [6, 6.07) is 3.58. The third-order valence-electron chi connectivity index (χ3n) is 8.51. The average molecular weight is 564 g/mol. The van der Waals surface area contributed by atoms with Gasteiger partial charge in [-0.1, -0.05) is 39.3 Å². The molecular formula is C27H38ClN5O4S. The highest BCUT2D eigenvalue weighted by Crippen LogP contribution is 2.43. The Balaban J connectivity index is 1.55. The fraction of sp³-hybridized carbons (Fsp3) is 0.630. The maximum absolute atomic E-state index is 14.0. The minimum absolute atomic E-state index is 0.0459. The molecule has 3 atom stereocenters. The largest absolute Gasteiger partial charge is 0.465 e. The Morgan fingerprint density at radius 2 is 1.82 bits per heavy atom. The van der Waals surface area contributed by atoms with Crippen LogP contribution in [0.4, 0.5) is 10.6 Å². The van der Waals surface area contributed by atoms with E-state index < -0.39 is 23.7 Å². The summed E-state index contributed by atoms with van der Waals surface area (Å²) in [6.45, 7) is 14.1. The Labute approximate surface area is 233 Å². The van der Waals surface area contributed by atoms with Crippen LogP contribution >= 0.6 is 22.9 Å². The standard InChI is InChI=1S/C27H38ClN5O4S/c1-16-13-18(34)22-21(16)23(30-15-29-22)31-9-11-32(12-10-31)24(35)17(19-7-8-20(28)38-19)14-33(25(36)37)27(5,6)26(2,3)4/h7-8,15-18,34H,9-14H2,1-6H3,(H,36,37)/t16-,17-,18-/m1/s1. The highest BCUT2D eigenvalue weighted by Gasteiger charge is 2.44. The van der Waals surface area contributed by atoms with E-state index in [1.54, 1.807) is 6.07 Å². The molecule has 2 amide bonds. The number of amides is 2. The third kappa shape index (κ3) is 5.35. The SMILES string of the molecule is C[C@@H]1C[C@@H](O)c2ncnc(N3CCN(C(=O)[C@H](CN(C(=O)O)C(C)(C)C(C)(C)C)c4ccc(Cl)s4)CC3)c21. The van der Waals surface area contributed by atoms with Gasteiger partial charge in [0.25, 0.3) is 0 Å². The summed E-state index contributed by atoms with van der Waals surface area (Å²) in [5, 5.41) is 20.5. The summed E-state index contributed by atoms with van der Waals surface area (Å²) in [6.07, 6.45) is 0.512. The van der Waals surface area contributed by atoms with Crippen LogP contribution < -0.4 is 4.90 Å². The van der Waals surface area contributed by atoms with Crippen LogP contribution in [0.5, 0.6) is 0 Å². The number of piperazine rings is 1. The maximum atomic E-state index is 14.0. The molecule has 208 valence electrons. The molecule has 2 aromatic heterocycles. The predicted octanol–water partition coefficient (Wildman–Crippen LogP) is 4.97. The van der Waals surface area contributed by atoms with Crippen LogP contribution in [-0.2, 0) is 4.79 Å². The number of aliphatic hydroxyl groups excluding tert-OH is 1. The summed E-state index contributed by atoms with van der Waals surface area (Å²) in [4.78, 5) is 41.4. The van der Waals surface area contributed by atoms with E-state index >= 15 is 0 Å². The Morgan fingerprint density at radius 1 is 1.16 bits per heavy atom. The normalized spacial score (nSPS) is 20.8. The van der Waals surface area contributed by atoms with Crippen LogP contribution in [0.15, 0.2) is 18.5 Å². The van der Waals surface area contributed by atoms with Crippen molar-refractivity contribution in [3.05, 3.63) is 38.9 Å². The number of aromatic nitrogens is 2. The second kappa shape index (κ2) is 10.6. The molecule has 4 rings (SSSR count). The van der Waals surface area contributed by atoms with E-state index in [4.69, 9.17) is 11.6 Å². The molecule has 0 aromatic carbocycles. The number of fused-ring (bicyclic) bond motifs is 1. The van der Waals surface area contributed by atoms with Gasteiger partial charge in [0.05, 0.1) is 22.1 Å². The smallest absolute Gasteiger partial charge is 0.407 e. The van der Waals surface area contributed by atoms with Crippen LogP contribution in [0.2, 0.25) is 4.34 Å². The van der Waals surface area contributed by atoms with Crippen molar-refractivity contribution < 1.29 is 19.8 Å². The van der Waals surface area contributed by atoms with Crippen molar-refractivity contribution in [2.24, 2.45) is 5.41 Å².